The number of hydrogen-bond donors (Lipinski definition) is 3. The summed E-state index contributed by atoms with van der Waals surface area (Å²) in [5.74, 6) is 0.697. The van der Waals surface area contributed by atoms with Crippen molar-refractivity contribution in [2.45, 2.75) is 72.6 Å². The first-order valence-corrected chi connectivity index (χ1v) is 9.38. The lowest BCUT2D eigenvalue weighted by atomic mass is 10.1. The Kier molecular flexibility index (Phi) is 10.9. The number of aryl methyl sites for hydroxylation is 3. The van der Waals surface area contributed by atoms with Crippen molar-refractivity contribution in [1.29, 1.82) is 0 Å². The monoisotopic (exact) mass is 508 g/mol. The minimum Gasteiger partial charge on any atom is -0.444 e. The number of nitrogens with zero attached hydrogens (tertiary/aromatic N) is 3. The molecule has 0 aliphatic rings. The number of ether oxygens (including phenoxy) is 1. The normalized spacial score (nSPS) is 12.2. The van der Waals surface area contributed by atoms with Crippen molar-refractivity contribution in [2.24, 2.45) is 4.99 Å². The average molecular weight is 508 g/mol. The van der Waals surface area contributed by atoms with Crippen LogP contribution >= 0.6 is 24.0 Å². The fourth-order valence-corrected chi connectivity index (χ4v) is 2.49. The molecule has 3 N–H and O–H groups in total. The Morgan fingerprint density at radius 1 is 1.21 bits per heavy atom. The van der Waals surface area contributed by atoms with Crippen molar-refractivity contribution in [1.82, 2.24) is 25.7 Å². The van der Waals surface area contributed by atoms with E-state index in [0.29, 0.717) is 12.5 Å². The summed E-state index contributed by atoms with van der Waals surface area (Å²) in [4.78, 5) is 16.2. The van der Waals surface area contributed by atoms with Gasteiger partial charge >= 0.3 is 6.09 Å². The van der Waals surface area contributed by atoms with Crippen LogP contribution < -0.4 is 16.0 Å². The van der Waals surface area contributed by atoms with Gasteiger partial charge in [0.15, 0.2) is 5.96 Å². The van der Waals surface area contributed by atoms with Crippen molar-refractivity contribution in [3.8, 4) is 0 Å². The lowest BCUT2D eigenvalue weighted by Gasteiger charge is -2.29. The zero-order chi connectivity index (χ0) is 20.7. The van der Waals surface area contributed by atoms with Crippen LogP contribution in [0.1, 0.15) is 52.4 Å². The SMILES string of the molecule is CN=C(NCCCn1nc(C)cc1C)NCC(C)(C)NC(=O)OC(C)(C)C.I. The minimum absolute atomic E-state index is 0. The Morgan fingerprint density at radius 2 is 1.86 bits per heavy atom. The van der Waals surface area contributed by atoms with Crippen LogP contribution in [0.25, 0.3) is 0 Å². The summed E-state index contributed by atoms with van der Waals surface area (Å²) in [7, 11) is 1.73. The first-order valence-electron chi connectivity index (χ1n) is 9.38. The molecular formula is C19H37IN6O2. The summed E-state index contributed by atoms with van der Waals surface area (Å²) in [6.07, 6.45) is 0.504. The molecule has 0 aliphatic heterocycles. The Balaban J connectivity index is 0.00000729. The quantitative estimate of drug-likeness (QED) is 0.228. The molecule has 162 valence electrons. The Bertz CT molecular complexity index is 649. The molecule has 1 aromatic heterocycles. The second-order valence-electron chi connectivity index (χ2n) is 8.37. The lowest BCUT2D eigenvalue weighted by Crippen LogP contribution is -2.54. The van der Waals surface area contributed by atoms with Crippen LogP contribution in [-0.2, 0) is 11.3 Å². The molecule has 1 amide bonds. The van der Waals surface area contributed by atoms with Crippen LogP contribution in [0.4, 0.5) is 4.79 Å². The fourth-order valence-electron chi connectivity index (χ4n) is 2.49. The molecule has 9 heteroatoms. The number of carbonyl (C=O) groups excluding carboxylic acids is 1. The van der Waals surface area contributed by atoms with Gasteiger partial charge in [-0.25, -0.2) is 4.79 Å². The predicted octanol–water partition coefficient (Wildman–Crippen LogP) is 2.98. The molecule has 1 heterocycles. The van der Waals surface area contributed by atoms with E-state index in [1.54, 1.807) is 7.05 Å². The summed E-state index contributed by atoms with van der Waals surface area (Å²) in [6, 6.07) is 2.08. The highest BCUT2D eigenvalue weighted by molar-refractivity contribution is 14.0. The summed E-state index contributed by atoms with van der Waals surface area (Å²) < 4.78 is 7.32. The van der Waals surface area contributed by atoms with Gasteiger partial charge in [0.05, 0.1) is 11.2 Å². The number of guanidine groups is 1. The van der Waals surface area contributed by atoms with E-state index in [4.69, 9.17) is 4.74 Å². The van der Waals surface area contributed by atoms with E-state index in [0.717, 1.165) is 25.2 Å². The van der Waals surface area contributed by atoms with Gasteiger partial charge < -0.3 is 20.7 Å². The highest BCUT2D eigenvalue weighted by Gasteiger charge is 2.24. The summed E-state index contributed by atoms with van der Waals surface area (Å²) >= 11 is 0. The van der Waals surface area contributed by atoms with E-state index in [9.17, 15) is 4.79 Å². The topological polar surface area (TPSA) is 92.6 Å². The number of rotatable bonds is 7. The Morgan fingerprint density at radius 3 is 2.36 bits per heavy atom. The number of amides is 1. The maximum absolute atomic E-state index is 11.9. The Labute approximate surface area is 186 Å². The minimum atomic E-state index is -0.517. The largest absolute Gasteiger partial charge is 0.444 e. The van der Waals surface area contributed by atoms with Gasteiger partial charge in [-0.1, -0.05) is 0 Å². The average Bonchev–Trinajstić information content (AvgIpc) is 2.81. The van der Waals surface area contributed by atoms with Crippen LogP contribution in [0.5, 0.6) is 0 Å². The predicted molar refractivity (Wildman–Crippen MR) is 125 cm³/mol. The Hall–Kier alpha value is -1.52. The van der Waals surface area contributed by atoms with Crippen molar-refractivity contribution in [3.63, 3.8) is 0 Å². The molecule has 28 heavy (non-hydrogen) atoms. The summed E-state index contributed by atoms with van der Waals surface area (Å²) in [6.45, 7) is 15.6. The van der Waals surface area contributed by atoms with Crippen LogP contribution in [0.3, 0.4) is 0 Å². The third kappa shape index (κ3) is 10.7. The maximum Gasteiger partial charge on any atom is 0.408 e. The molecule has 0 saturated carbocycles. The second-order valence-corrected chi connectivity index (χ2v) is 8.37. The molecule has 0 fully saturated rings. The third-order valence-corrected chi connectivity index (χ3v) is 3.70. The number of halogens is 1. The highest BCUT2D eigenvalue weighted by Crippen LogP contribution is 2.09. The number of carbonyl (C=O) groups is 1. The second kappa shape index (κ2) is 11.5. The molecule has 0 aliphatic carbocycles. The van der Waals surface area contributed by atoms with Crippen molar-refractivity contribution in [2.75, 3.05) is 20.1 Å². The lowest BCUT2D eigenvalue weighted by molar-refractivity contribution is 0.0474. The van der Waals surface area contributed by atoms with Gasteiger partial charge in [0.25, 0.3) is 0 Å². The van der Waals surface area contributed by atoms with Gasteiger partial charge in [-0.15, -0.1) is 24.0 Å². The van der Waals surface area contributed by atoms with Crippen LogP contribution in [0.15, 0.2) is 11.1 Å². The van der Waals surface area contributed by atoms with Crippen molar-refractivity contribution >= 4 is 36.0 Å². The van der Waals surface area contributed by atoms with Gasteiger partial charge in [-0.3, -0.25) is 9.67 Å². The van der Waals surface area contributed by atoms with Crippen molar-refractivity contribution < 1.29 is 9.53 Å². The molecule has 1 aromatic rings. The number of aromatic nitrogens is 2. The zero-order valence-corrected chi connectivity index (χ0v) is 20.8. The van der Waals surface area contributed by atoms with Crippen LogP contribution in [0, 0.1) is 13.8 Å². The molecule has 0 spiro atoms. The maximum atomic E-state index is 11.9. The molecule has 1 rings (SSSR count). The molecule has 0 saturated heterocycles. The van der Waals surface area contributed by atoms with E-state index >= 15 is 0 Å². The smallest absolute Gasteiger partial charge is 0.408 e. The van der Waals surface area contributed by atoms with Gasteiger partial charge in [-0.05, 0) is 61.0 Å². The number of alkyl carbamates (subject to hydrolysis) is 1. The molecule has 0 radical (unpaired) electrons. The number of nitrogens with one attached hydrogen (secondary N) is 3. The highest BCUT2D eigenvalue weighted by atomic mass is 127. The summed E-state index contributed by atoms with van der Waals surface area (Å²) in [5.41, 5.74) is 1.21. The van der Waals surface area contributed by atoms with Gasteiger partial charge in [0.1, 0.15) is 5.60 Å². The molecule has 0 atom stereocenters. The molecule has 0 bridgehead atoms. The standard InChI is InChI=1S/C19H36N6O2.HI/c1-14-12-15(2)25(24-14)11-9-10-21-16(20-8)22-13-19(6,7)23-17(26)27-18(3,4)5;/h12H,9-11,13H2,1-8H3,(H,23,26)(H2,20,21,22);1H. The summed E-state index contributed by atoms with van der Waals surface area (Å²) in [5, 5.41) is 13.9. The first kappa shape index (κ1) is 26.5. The first-order chi connectivity index (χ1) is 12.4. The van der Waals surface area contributed by atoms with Gasteiger partial charge in [-0.2, -0.15) is 5.10 Å². The van der Waals surface area contributed by atoms with Crippen molar-refractivity contribution in [3.05, 3.63) is 17.5 Å². The van der Waals surface area contributed by atoms with Crippen LogP contribution in [0.2, 0.25) is 0 Å². The van der Waals surface area contributed by atoms with E-state index in [1.807, 2.05) is 46.2 Å². The molecular weight excluding hydrogens is 471 g/mol. The molecule has 0 unspecified atom stereocenters. The molecule has 8 nitrogen and oxygen atoms in total. The third-order valence-electron chi connectivity index (χ3n) is 3.70. The van der Waals surface area contributed by atoms with Gasteiger partial charge in [0.2, 0.25) is 0 Å². The zero-order valence-electron chi connectivity index (χ0n) is 18.5. The number of hydrogen-bond acceptors (Lipinski definition) is 4. The van der Waals surface area contributed by atoms with E-state index in [2.05, 4.69) is 39.0 Å². The molecule has 0 aromatic carbocycles. The van der Waals surface area contributed by atoms with E-state index in [-0.39, 0.29) is 24.0 Å². The van der Waals surface area contributed by atoms with E-state index < -0.39 is 17.2 Å². The van der Waals surface area contributed by atoms with Gasteiger partial charge in [0, 0.05) is 32.4 Å². The number of aliphatic imine (C=N–C) groups is 1. The van der Waals surface area contributed by atoms with E-state index in [1.165, 1.54) is 5.69 Å². The fraction of sp³-hybridized carbons (Fsp3) is 0.737. The van der Waals surface area contributed by atoms with Crippen LogP contribution in [-0.4, -0.2) is 53.1 Å².